The Kier molecular flexibility index (Phi) is 2.90. The van der Waals surface area contributed by atoms with Gasteiger partial charge in [0.15, 0.2) is 0 Å². The summed E-state index contributed by atoms with van der Waals surface area (Å²) in [5.74, 6) is -0.427. The van der Waals surface area contributed by atoms with Crippen LogP contribution in [0.1, 0.15) is 18.4 Å². The van der Waals surface area contributed by atoms with Gasteiger partial charge in [-0.25, -0.2) is 0 Å². The summed E-state index contributed by atoms with van der Waals surface area (Å²) in [7, 11) is 0. The molecule has 0 radical (unpaired) electrons. The van der Waals surface area contributed by atoms with Crippen LogP contribution in [0.3, 0.4) is 0 Å². The Morgan fingerprint density at radius 2 is 1.94 bits per heavy atom. The molecule has 0 aliphatic carbocycles. The maximum absolute atomic E-state index is 11.5. The van der Waals surface area contributed by atoms with Gasteiger partial charge >= 0.3 is 0 Å². The van der Waals surface area contributed by atoms with E-state index in [1.807, 2.05) is 31.2 Å². The Labute approximate surface area is 94.0 Å². The number of benzene rings is 1. The second-order valence-electron chi connectivity index (χ2n) is 4.01. The Balaban J connectivity index is 2.02. The third kappa shape index (κ3) is 2.39. The molecule has 0 spiro atoms. The number of rotatable bonds is 2. The van der Waals surface area contributed by atoms with Crippen molar-refractivity contribution >= 4 is 17.5 Å². The molecule has 0 bridgehead atoms. The molecule has 1 aliphatic rings. The zero-order chi connectivity index (χ0) is 11.5. The lowest BCUT2D eigenvalue weighted by Crippen LogP contribution is -2.47. The molecule has 1 aromatic carbocycles. The van der Waals surface area contributed by atoms with Crippen LogP contribution in [0.4, 0.5) is 5.69 Å². The highest BCUT2D eigenvalue weighted by atomic mass is 16.2. The SMILES string of the molecule is Cc1ccc(N[C@H]2CCC(=O)NC2=O)cc1. The van der Waals surface area contributed by atoms with Crippen molar-refractivity contribution in [1.82, 2.24) is 5.32 Å². The van der Waals surface area contributed by atoms with Crippen LogP contribution in [0.2, 0.25) is 0 Å². The number of hydrogen-bond acceptors (Lipinski definition) is 3. The van der Waals surface area contributed by atoms with Gasteiger partial charge in [0, 0.05) is 12.1 Å². The molecule has 1 atom stereocenters. The number of amides is 2. The number of piperidine rings is 1. The van der Waals surface area contributed by atoms with Crippen LogP contribution in [0, 0.1) is 6.92 Å². The van der Waals surface area contributed by atoms with Crippen molar-refractivity contribution in [3.05, 3.63) is 29.8 Å². The molecule has 2 amide bonds. The molecule has 16 heavy (non-hydrogen) atoms. The van der Waals surface area contributed by atoms with Crippen LogP contribution in [0.15, 0.2) is 24.3 Å². The third-order valence-corrected chi connectivity index (χ3v) is 2.63. The molecule has 0 unspecified atom stereocenters. The summed E-state index contributed by atoms with van der Waals surface area (Å²) in [5.41, 5.74) is 2.08. The smallest absolute Gasteiger partial charge is 0.249 e. The number of carbonyl (C=O) groups is 2. The number of hydrogen-bond donors (Lipinski definition) is 2. The number of aryl methyl sites for hydroxylation is 1. The summed E-state index contributed by atoms with van der Waals surface area (Å²) in [4.78, 5) is 22.4. The van der Waals surface area contributed by atoms with Crippen LogP contribution in [-0.2, 0) is 9.59 Å². The Morgan fingerprint density at radius 1 is 1.25 bits per heavy atom. The fraction of sp³-hybridized carbons (Fsp3) is 0.333. The fourth-order valence-electron chi connectivity index (χ4n) is 1.68. The lowest BCUT2D eigenvalue weighted by Gasteiger charge is -2.22. The van der Waals surface area contributed by atoms with Crippen LogP contribution in [0.25, 0.3) is 0 Å². The van der Waals surface area contributed by atoms with E-state index in [1.54, 1.807) is 0 Å². The van der Waals surface area contributed by atoms with Gasteiger partial charge in [0.1, 0.15) is 6.04 Å². The summed E-state index contributed by atoms with van der Waals surface area (Å²) < 4.78 is 0. The van der Waals surface area contributed by atoms with Gasteiger partial charge in [-0.2, -0.15) is 0 Å². The molecule has 1 fully saturated rings. The third-order valence-electron chi connectivity index (χ3n) is 2.63. The average molecular weight is 218 g/mol. The molecule has 0 aromatic heterocycles. The summed E-state index contributed by atoms with van der Waals surface area (Å²) in [5, 5.41) is 5.43. The minimum atomic E-state index is -0.305. The molecule has 84 valence electrons. The van der Waals surface area contributed by atoms with E-state index in [-0.39, 0.29) is 17.9 Å². The van der Waals surface area contributed by atoms with Crippen LogP contribution >= 0.6 is 0 Å². The standard InChI is InChI=1S/C12H14N2O2/c1-8-2-4-9(5-3-8)13-10-6-7-11(15)14-12(10)16/h2-5,10,13H,6-7H2,1H3,(H,14,15,16)/t10-/m0/s1. The summed E-state index contributed by atoms with van der Waals surface area (Å²) in [6, 6.07) is 7.51. The first kappa shape index (κ1) is 10.7. The summed E-state index contributed by atoms with van der Waals surface area (Å²) in [6.07, 6.45) is 0.952. The zero-order valence-corrected chi connectivity index (χ0v) is 9.12. The van der Waals surface area contributed by atoms with Gasteiger partial charge in [0.2, 0.25) is 11.8 Å². The van der Waals surface area contributed by atoms with E-state index in [2.05, 4.69) is 10.6 Å². The van der Waals surface area contributed by atoms with Gasteiger partial charge in [0.05, 0.1) is 0 Å². The highest BCUT2D eigenvalue weighted by Gasteiger charge is 2.25. The maximum Gasteiger partial charge on any atom is 0.249 e. The van der Waals surface area contributed by atoms with Crippen molar-refractivity contribution in [2.24, 2.45) is 0 Å². The number of anilines is 1. The Bertz CT molecular complexity index is 412. The summed E-state index contributed by atoms with van der Waals surface area (Å²) >= 11 is 0. The minimum absolute atomic E-state index is 0.188. The molecular formula is C12H14N2O2. The topological polar surface area (TPSA) is 58.2 Å². The van der Waals surface area contributed by atoms with Crippen LogP contribution < -0.4 is 10.6 Å². The predicted octanol–water partition coefficient (Wildman–Crippen LogP) is 1.21. The molecule has 2 N–H and O–H groups in total. The fourth-order valence-corrected chi connectivity index (χ4v) is 1.68. The molecule has 4 heteroatoms. The van der Waals surface area contributed by atoms with Gasteiger partial charge in [0.25, 0.3) is 0 Å². The molecule has 0 saturated carbocycles. The molecule has 2 rings (SSSR count). The quantitative estimate of drug-likeness (QED) is 0.734. The monoisotopic (exact) mass is 218 g/mol. The molecule has 1 aliphatic heterocycles. The second-order valence-corrected chi connectivity index (χ2v) is 4.01. The lowest BCUT2D eigenvalue weighted by atomic mass is 10.1. The van der Waals surface area contributed by atoms with Gasteiger partial charge in [-0.1, -0.05) is 17.7 Å². The highest BCUT2D eigenvalue weighted by Crippen LogP contribution is 2.14. The van der Waals surface area contributed by atoms with E-state index in [9.17, 15) is 9.59 Å². The minimum Gasteiger partial charge on any atom is -0.374 e. The van der Waals surface area contributed by atoms with E-state index in [4.69, 9.17) is 0 Å². The predicted molar refractivity (Wildman–Crippen MR) is 61.0 cm³/mol. The van der Waals surface area contributed by atoms with Crippen molar-refractivity contribution in [3.63, 3.8) is 0 Å². The molecule has 1 heterocycles. The normalized spacial score (nSPS) is 20.4. The van der Waals surface area contributed by atoms with Crippen molar-refractivity contribution in [3.8, 4) is 0 Å². The first-order valence-corrected chi connectivity index (χ1v) is 5.32. The number of imide groups is 1. The van der Waals surface area contributed by atoms with Crippen LogP contribution in [-0.4, -0.2) is 17.9 Å². The van der Waals surface area contributed by atoms with Gasteiger partial charge in [-0.15, -0.1) is 0 Å². The Hall–Kier alpha value is -1.84. The highest BCUT2D eigenvalue weighted by molar-refractivity contribution is 6.01. The first-order chi connectivity index (χ1) is 7.65. The van der Waals surface area contributed by atoms with E-state index >= 15 is 0 Å². The van der Waals surface area contributed by atoms with Crippen molar-refractivity contribution in [2.75, 3.05) is 5.32 Å². The van der Waals surface area contributed by atoms with Gasteiger partial charge in [-0.05, 0) is 25.5 Å². The van der Waals surface area contributed by atoms with Crippen molar-refractivity contribution < 1.29 is 9.59 Å². The lowest BCUT2D eigenvalue weighted by molar-refractivity contribution is -0.133. The Morgan fingerprint density at radius 3 is 2.56 bits per heavy atom. The average Bonchev–Trinajstić information content (AvgIpc) is 2.25. The van der Waals surface area contributed by atoms with Crippen LogP contribution in [0.5, 0.6) is 0 Å². The summed E-state index contributed by atoms with van der Waals surface area (Å²) in [6.45, 7) is 2.01. The molecular weight excluding hydrogens is 204 g/mol. The largest absolute Gasteiger partial charge is 0.374 e. The maximum atomic E-state index is 11.5. The number of nitrogens with one attached hydrogen (secondary N) is 2. The van der Waals surface area contributed by atoms with Gasteiger partial charge < -0.3 is 5.32 Å². The molecule has 1 aromatic rings. The zero-order valence-electron chi connectivity index (χ0n) is 9.12. The van der Waals surface area contributed by atoms with Gasteiger partial charge in [-0.3, -0.25) is 14.9 Å². The van der Waals surface area contributed by atoms with E-state index in [1.165, 1.54) is 5.56 Å². The number of carbonyl (C=O) groups excluding carboxylic acids is 2. The van der Waals surface area contributed by atoms with Crippen molar-refractivity contribution in [2.45, 2.75) is 25.8 Å². The van der Waals surface area contributed by atoms with E-state index < -0.39 is 0 Å². The molecule has 4 nitrogen and oxygen atoms in total. The van der Waals surface area contributed by atoms with Crippen molar-refractivity contribution in [1.29, 1.82) is 0 Å². The first-order valence-electron chi connectivity index (χ1n) is 5.32. The molecule has 1 saturated heterocycles. The second kappa shape index (κ2) is 4.35. The van der Waals surface area contributed by atoms with E-state index in [0.29, 0.717) is 12.8 Å². The van der Waals surface area contributed by atoms with E-state index in [0.717, 1.165) is 5.69 Å².